The largest absolute Gasteiger partial charge is 0.416 e. The van der Waals surface area contributed by atoms with Gasteiger partial charge in [0.05, 0.1) is 24.5 Å². The van der Waals surface area contributed by atoms with Crippen LogP contribution in [-0.2, 0) is 10.9 Å². The van der Waals surface area contributed by atoms with Gasteiger partial charge in [0.1, 0.15) is 23.8 Å². The summed E-state index contributed by atoms with van der Waals surface area (Å²) in [6, 6.07) is 19.0. The lowest BCUT2D eigenvalue weighted by molar-refractivity contribution is -0.137. The number of ether oxygens (including phenoxy) is 1. The normalized spacial score (nSPS) is 13.3. The second kappa shape index (κ2) is 13.4. The Morgan fingerprint density at radius 3 is 2.51 bits per heavy atom. The highest BCUT2D eigenvalue weighted by atomic mass is 19.4. The van der Waals surface area contributed by atoms with E-state index in [1.165, 1.54) is 18.5 Å². The smallest absolute Gasteiger partial charge is 0.378 e. The molecule has 1 aliphatic heterocycles. The minimum absolute atomic E-state index is 0.102. The van der Waals surface area contributed by atoms with Crippen LogP contribution in [0, 0.1) is 6.92 Å². The standard InChI is InChI=1S/C34H31F3N8O2/c1-22-8-9-25(42-33(46)23-5-3-6-24(17-23)34(35,36)37)18-28(22)43-32-27(7-4-11-39-32)29-20-31(41-21-40-29)44(2)30-19-26(10-12-38-30)45-13-15-47-16-14-45/h3-12,17-21H,13-16H2,1-2H3,(H,39,43)(H,42,46). The third-order valence-corrected chi connectivity index (χ3v) is 7.73. The topological polar surface area (TPSA) is 108 Å². The van der Waals surface area contributed by atoms with Crippen molar-refractivity contribution in [1.29, 1.82) is 0 Å². The summed E-state index contributed by atoms with van der Waals surface area (Å²) in [5.41, 5.74) is 3.28. The fourth-order valence-corrected chi connectivity index (χ4v) is 5.12. The monoisotopic (exact) mass is 640 g/mol. The van der Waals surface area contributed by atoms with Gasteiger partial charge in [-0.15, -0.1) is 0 Å². The number of halogens is 3. The van der Waals surface area contributed by atoms with E-state index in [1.807, 2.05) is 43.1 Å². The van der Waals surface area contributed by atoms with E-state index in [9.17, 15) is 18.0 Å². The second-order valence-corrected chi connectivity index (χ2v) is 10.9. The van der Waals surface area contributed by atoms with Crippen molar-refractivity contribution in [2.45, 2.75) is 13.1 Å². The number of alkyl halides is 3. The van der Waals surface area contributed by atoms with E-state index in [-0.39, 0.29) is 5.56 Å². The summed E-state index contributed by atoms with van der Waals surface area (Å²) >= 11 is 0. The van der Waals surface area contributed by atoms with Crippen LogP contribution >= 0.6 is 0 Å². The molecule has 0 saturated carbocycles. The first-order valence-corrected chi connectivity index (χ1v) is 14.8. The highest BCUT2D eigenvalue weighted by Crippen LogP contribution is 2.33. The molecule has 4 heterocycles. The van der Waals surface area contributed by atoms with Crippen LogP contribution in [0.3, 0.4) is 0 Å². The third kappa shape index (κ3) is 7.31. The lowest BCUT2D eigenvalue weighted by Gasteiger charge is -2.29. The summed E-state index contributed by atoms with van der Waals surface area (Å²) in [7, 11) is 1.89. The minimum Gasteiger partial charge on any atom is -0.378 e. The van der Waals surface area contributed by atoms with Crippen molar-refractivity contribution in [3.63, 3.8) is 0 Å². The van der Waals surface area contributed by atoms with Crippen LogP contribution in [0.2, 0.25) is 0 Å². The summed E-state index contributed by atoms with van der Waals surface area (Å²) in [6.45, 7) is 4.88. The van der Waals surface area contributed by atoms with Crippen LogP contribution in [0.4, 0.5) is 47.7 Å². The SMILES string of the molecule is Cc1ccc(NC(=O)c2cccc(C(F)(F)F)c2)cc1Nc1ncccc1-c1cc(N(C)c2cc(N3CCOCC3)ccn2)ncn1. The molecule has 0 atom stereocenters. The lowest BCUT2D eigenvalue weighted by Crippen LogP contribution is -2.36. The Hall–Kier alpha value is -5.56. The van der Waals surface area contributed by atoms with E-state index >= 15 is 0 Å². The van der Waals surface area contributed by atoms with Crippen molar-refractivity contribution in [3.05, 3.63) is 108 Å². The van der Waals surface area contributed by atoms with Crippen LogP contribution < -0.4 is 20.4 Å². The van der Waals surface area contributed by atoms with Crippen LogP contribution in [0.1, 0.15) is 21.5 Å². The van der Waals surface area contributed by atoms with E-state index in [2.05, 4.69) is 35.5 Å². The molecule has 6 rings (SSSR count). The molecule has 0 unspecified atom stereocenters. The Labute approximate surface area is 269 Å². The van der Waals surface area contributed by atoms with Gasteiger partial charge in [0.25, 0.3) is 5.91 Å². The van der Waals surface area contributed by atoms with Gasteiger partial charge in [-0.3, -0.25) is 4.79 Å². The maximum absolute atomic E-state index is 13.2. The molecule has 0 bridgehead atoms. The van der Waals surface area contributed by atoms with Gasteiger partial charge in [0.2, 0.25) is 0 Å². The molecule has 0 aliphatic carbocycles. The molecule has 2 N–H and O–H groups in total. The number of hydrogen-bond donors (Lipinski definition) is 2. The number of benzene rings is 2. The Morgan fingerprint density at radius 2 is 1.70 bits per heavy atom. The number of carbonyl (C=O) groups excluding carboxylic acids is 1. The van der Waals surface area contributed by atoms with Crippen LogP contribution in [0.25, 0.3) is 11.3 Å². The number of nitrogens with one attached hydrogen (secondary N) is 2. The predicted molar refractivity (Wildman–Crippen MR) is 174 cm³/mol. The molecule has 0 radical (unpaired) electrons. The third-order valence-electron chi connectivity index (χ3n) is 7.73. The molecule has 0 spiro atoms. The zero-order valence-electron chi connectivity index (χ0n) is 25.6. The quantitative estimate of drug-likeness (QED) is 0.188. The Balaban J connectivity index is 1.22. The van der Waals surface area contributed by atoms with Crippen LogP contribution in [0.5, 0.6) is 0 Å². The number of morpholine rings is 1. The first-order valence-electron chi connectivity index (χ1n) is 14.8. The Kier molecular flexibility index (Phi) is 8.98. The molecule has 2 aromatic carbocycles. The highest BCUT2D eigenvalue weighted by molar-refractivity contribution is 6.04. The lowest BCUT2D eigenvalue weighted by atomic mass is 10.1. The number of nitrogens with zero attached hydrogens (tertiary/aromatic N) is 6. The number of hydrogen-bond acceptors (Lipinski definition) is 9. The number of amides is 1. The van der Waals surface area contributed by atoms with Gasteiger partial charge >= 0.3 is 6.18 Å². The zero-order valence-corrected chi connectivity index (χ0v) is 25.6. The summed E-state index contributed by atoms with van der Waals surface area (Å²) < 4.78 is 45.0. The highest BCUT2D eigenvalue weighted by Gasteiger charge is 2.31. The van der Waals surface area contributed by atoms with Crippen molar-refractivity contribution in [3.8, 4) is 11.3 Å². The van der Waals surface area contributed by atoms with Gasteiger partial charge in [-0.25, -0.2) is 19.9 Å². The maximum Gasteiger partial charge on any atom is 0.416 e. The molecule has 5 aromatic rings. The molecule has 1 amide bonds. The van der Waals surface area contributed by atoms with Gasteiger partial charge in [0.15, 0.2) is 0 Å². The summed E-state index contributed by atoms with van der Waals surface area (Å²) in [5, 5.41) is 6.02. The van der Waals surface area contributed by atoms with Gasteiger partial charge in [-0.1, -0.05) is 12.1 Å². The van der Waals surface area contributed by atoms with Gasteiger partial charge in [-0.05, 0) is 61.0 Å². The number of aryl methyl sites for hydroxylation is 1. The second-order valence-electron chi connectivity index (χ2n) is 10.9. The average Bonchev–Trinajstić information content (AvgIpc) is 3.10. The van der Waals surface area contributed by atoms with E-state index in [0.29, 0.717) is 47.5 Å². The molecule has 47 heavy (non-hydrogen) atoms. The summed E-state index contributed by atoms with van der Waals surface area (Å²) in [5.74, 6) is 1.21. The fraction of sp³-hybridized carbons (Fsp3) is 0.206. The molecular weight excluding hydrogens is 609 g/mol. The van der Waals surface area contributed by atoms with E-state index in [0.717, 1.165) is 42.3 Å². The molecule has 1 fully saturated rings. The van der Waals surface area contributed by atoms with Crippen LogP contribution in [-0.4, -0.2) is 59.2 Å². The predicted octanol–water partition coefficient (Wildman–Crippen LogP) is 6.86. The molecular formula is C34H31F3N8O2. The van der Waals surface area contributed by atoms with Gasteiger partial charge in [-0.2, -0.15) is 13.2 Å². The summed E-state index contributed by atoms with van der Waals surface area (Å²) in [6.07, 6.45) is 0.359. The molecule has 13 heteroatoms. The minimum atomic E-state index is -4.55. The van der Waals surface area contributed by atoms with Gasteiger partial charge < -0.3 is 25.2 Å². The van der Waals surface area contributed by atoms with E-state index in [4.69, 9.17) is 4.74 Å². The van der Waals surface area contributed by atoms with E-state index in [1.54, 1.807) is 36.7 Å². The summed E-state index contributed by atoms with van der Waals surface area (Å²) in [4.78, 5) is 35.1. The number of pyridine rings is 2. The van der Waals surface area contributed by atoms with E-state index < -0.39 is 17.6 Å². The number of aromatic nitrogens is 4. The first kappa shape index (κ1) is 31.4. The van der Waals surface area contributed by atoms with Crippen molar-refractivity contribution in [2.75, 3.05) is 53.8 Å². The Bertz CT molecular complexity index is 1900. The number of anilines is 6. The molecule has 3 aromatic heterocycles. The number of carbonyl (C=O) groups is 1. The zero-order chi connectivity index (χ0) is 33.0. The van der Waals surface area contributed by atoms with Gasteiger partial charge in [0, 0.05) is 72.9 Å². The Morgan fingerprint density at radius 1 is 0.894 bits per heavy atom. The molecule has 240 valence electrons. The maximum atomic E-state index is 13.2. The fourth-order valence-electron chi connectivity index (χ4n) is 5.12. The van der Waals surface area contributed by atoms with Crippen molar-refractivity contribution >= 4 is 40.4 Å². The number of rotatable bonds is 8. The average molecular weight is 641 g/mol. The molecule has 10 nitrogen and oxygen atoms in total. The van der Waals surface area contributed by atoms with Crippen molar-refractivity contribution in [2.24, 2.45) is 0 Å². The van der Waals surface area contributed by atoms with Crippen LogP contribution in [0.15, 0.2) is 91.5 Å². The van der Waals surface area contributed by atoms with Crippen molar-refractivity contribution in [1.82, 2.24) is 19.9 Å². The molecule has 1 aliphatic rings. The van der Waals surface area contributed by atoms with Crippen molar-refractivity contribution < 1.29 is 22.7 Å². The first-order chi connectivity index (χ1) is 22.7. The molecule has 1 saturated heterocycles.